The summed E-state index contributed by atoms with van der Waals surface area (Å²) in [5.74, 6) is 1.03. The summed E-state index contributed by atoms with van der Waals surface area (Å²) in [5.41, 5.74) is 1.04. The number of nitrogens with zero attached hydrogens (tertiary/aromatic N) is 4. The van der Waals surface area contributed by atoms with E-state index in [0.29, 0.717) is 0 Å². The summed E-state index contributed by atoms with van der Waals surface area (Å²) in [7, 11) is 0. The van der Waals surface area contributed by atoms with Gasteiger partial charge in [-0.25, -0.2) is 0 Å². The lowest BCUT2D eigenvalue weighted by Crippen LogP contribution is -2.31. The third-order valence-corrected chi connectivity index (χ3v) is 5.28. The number of ketones is 1. The molecule has 1 saturated heterocycles. The largest absolute Gasteiger partial charge is 0.341 e. The second-order valence-electron chi connectivity index (χ2n) is 5.87. The number of piperidine rings is 1. The van der Waals surface area contributed by atoms with Crippen LogP contribution in [0.15, 0.2) is 35.5 Å². The van der Waals surface area contributed by atoms with Gasteiger partial charge in [-0.2, -0.15) is 0 Å². The van der Waals surface area contributed by atoms with Gasteiger partial charge in [0, 0.05) is 13.1 Å². The van der Waals surface area contributed by atoms with Gasteiger partial charge in [0.1, 0.15) is 5.78 Å². The highest BCUT2D eigenvalue weighted by Crippen LogP contribution is 2.30. The van der Waals surface area contributed by atoms with Crippen molar-refractivity contribution < 1.29 is 4.79 Å². The lowest BCUT2D eigenvalue weighted by Gasteiger charge is -2.27. The molecule has 1 aromatic heterocycles. The van der Waals surface area contributed by atoms with Gasteiger partial charge < -0.3 is 4.90 Å². The summed E-state index contributed by atoms with van der Waals surface area (Å²) in [6.07, 6.45) is 3.65. The zero-order valence-corrected chi connectivity index (χ0v) is 14.4. The fraction of sp³-hybridized carbons (Fsp3) is 0.471. The van der Waals surface area contributed by atoms with Crippen LogP contribution in [-0.2, 0) is 4.79 Å². The van der Waals surface area contributed by atoms with Gasteiger partial charge in [0.25, 0.3) is 0 Å². The third kappa shape index (κ3) is 3.58. The Morgan fingerprint density at radius 2 is 1.83 bits per heavy atom. The number of para-hydroxylation sites is 1. The number of carbonyl (C=O) groups is 1. The molecule has 6 heteroatoms. The average molecular weight is 330 g/mol. The zero-order valence-electron chi connectivity index (χ0n) is 13.6. The fourth-order valence-corrected chi connectivity index (χ4v) is 3.54. The number of hydrogen-bond acceptors (Lipinski definition) is 5. The first-order valence-electron chi connectivity index (χ1n) is 8.09. The van der Waals surface area contributed by atoms with E-state index in [0.717, 1.165) is 29.9 Å². The van der Waals surface area contributed by atoms with Gasteiger partial charge in [0.05, 0.1) is 10.9 Å². The molecular formula is C17H22N4OS. The topological polar surface area (TPSA) is 51.0 Å². The van der Waals surface area contributed by atoms with E-state index in [1.165, 1.54) is 31.0 Å². The van der Waals surface area contributed by atoms with Crippen LogP contribution in [0.25, 0.3) is 5.69 Å². The van der Waals surface area contributed by atoms with Crippen LogP contribution in [0.4, 0.5) is 5.95 Å². The van der Waals surface area contributed by atoms with Crippen molar-refractivity contribution in [1.29, 1.82) is 0 Å². The Hall–Kier alpha value is -1.82. The summed E-state index contributed by atoms with van der Waals surface area (Å²) in [5, 5.41) is 9.46. The van der Waals surface area contributed by atoms with Gasteiger partial charge in [0.2, 0.25) is 5.95 Å². The van der Waals surface area contributed by atoms with Gasteiger partial charge in [-0.1, -0.05) is 30.0 Å². The van der Waals surface area contributed by atoms with E-state index >= 15 is 0 Å². The summed E-state index contributed by atoms with van der Waals surface area (Å²) < 4.78 is 2.08. The number of carbonyl (C=O) groups excluding carboxylic acids is 1. The Morgan fingerprint density at radius 1 is 1.13 bits per heavy atom. The number of rotatable bonds is 5. The van der Waals surface area contributed by atoms with Crippen LogP contribution in [0.5, 0.6) is 0 Å². The highest BCUT2D eigenvalue weighted by Gasteiger charge is 2.23. The van der Waals surface area contributed by atoms with E-state index < -0.39 is 0 Å². The van der Waals surface area contributed by atoms with Crippen LogP contribution in [0.2, 0.25) is 0 Å². The van der Waals surface area contributed by atoms with Crippen LogP contribution >= 0.6 is 11.8 Å². The van der Waals surface area contributed by atoms with Crippen molar-refractivity contribution in [2.24, 2.45) is 0 Å². The predicted octanol–water partition coefficient (Wildman–Crippen LogP) is 3.33. The number of aromatic nitrogens is 3. The lowest BCUT2D eigenvalue weighted by atomic mass is 10.1. The lowest BCUT2D eigenvalue weighted by molar-refractivity contribution is -0.116. The first-order valence-corrected chi connectivity index (χ1v) is 8.97. The molecule has 0 bridgehead atoms. The molecule has 0 aliphatic carbocycles. The van der Waals surface area contributed by atoms with Crippen LogP contribution < -0.4 is 4.90 Å². The molecule has 1 fully saturated rings. The Bertz CT molecular complexity index is 664. The maximum absolute atomic E-state index is 11.6. The highest BCUT2D eigenvalue weighted by molar-refractivity contribution is 8.00. The quantitative estimate of drug-likeness (QED) is 0.787. The van der Waals surface area contributed by atoms with Crippen LogP contribution in [0.3, 0.4) is 0 Å². The molecule has 1 aromatic carbocycles. The Balaban J connectivity index is 1.99. The van der Waals surface area contributed by atoms with Crippen LogP contribution in [0.1, 0.15) is 33.1 Å². The van der Waals surface area contributed by atoms with E-state index in [2.05, 4.69) is 31.8 Å². The summed E-state index contributed by atoms with van der Waals surface area (Å²) >= 11 is 1.47. The van der Waals surface area contributed by atoms with E-state index in [-0.39, 0.29) is 11.0 Å². The second kappa shape index (κ2) is 7.17. The Morgan fingerprint density at radius 3 is 2.48 bits per heavy atom. The van der Waals surface area contributed by atoms with Crippen molar-refractivity contribution in [3.8, 4) is 5.69 Å². The molecule has 3 rings (SSSR count). The number of anilines is 1. The summed E-state index contributed by atoms with van der Waals surface area (Å²) in [4.78, 5) is 13.9. The van der Waals surface area contributed by atoms with Crippen LogP contribution in [-0.4, -0.2) is 38.9 Å². The molecule has 1 aliphatic heterocycles. The minimum Gasteiger partial charge on any atom is -0.341 e. The first kappa shape index (κ1) is 16.1. The number of thioether (sulfide) groups is 1. The van der Waals surface area contributed by atoms with Crippen molar-refractivity contribution in [3.05, 3.63) is 30.3 Å². The monoisotopic (exact) mass is 330 g/mol. The number of benzene rings is 1. The van der Waals surface area contributed by atoms with Gasteiger partial charge >= 0.3 is 0 Å². The number of Topliss-reactive ketones (excluding diaryl/α,β-unsaturated/α-hetero) is 1. The van der Waals surface area contributed by atoms with Gasteiger partial charge in [-0.15, -0.1) is 10.2 Å². The maximum Gasteiger partial charge on any atom is 0.232 e. The molecule has 0 spiro atoms. The van der Waals surface area contributed by atoms with Crippen LogP contribution in [0, 0.1) is 0 Å². The molecule has 0 unspecified atom stereocenters. The molecule has 23 heavy (non-hydrogen) atoms. The summed E-state index contributed by atoms with van der Waals surface area (Å²) in [6.45, 7) is 5.56. The highest BCUT2D eigenvalue weighted by atomic mass is 32.2. The molecule has 122 valence electrons. The average Bonchev–Trinajstić information content (AvgIpc) is 3.00. The third-order valence-electron chi connectivity index (χ3n) is 4.12. The molecule has 2 aromatic rings. The first-order chi connectivity index (χ1) is 11.2. The molecule has 0 radical (unpaired) electrons. The summed E-state index contributed by atoms with van der Waals surface area (Å²) in [6, 6.07) is 10.1. The molecule has 1 atom stereocenters. The number of hydrogen-bond donors (Lipinski definition) is 0. The van der Waals surface area contributed by atoms with Crippen molar-refractivity contribution >= 4 is 23.5 Å². The smallest absolute Gasteiger partial charge is 0.232 e. The molecule has 5 nitrogen and oxygen atoms in total. The Labute approximate surface area is 141 Å². The predicted molar refractivity (Wildman–Crippen MR) is 93.4 cm³/mol. The molecule has 0 saturated carbocycles. The zero-order chi connectivity index (χ0) is 16.2. The SMILES string of the molecule is CC(=O)[C@@H](C)Sc1nnc(N2CCCCC2)n1-c1ccccc1. The maximum atomic E-state index is 11.6. The molecular weight excluding hydrogens is 308 g/mol. The fourth-order valence-electron chi connectivity index (χ4n) is 2.68. The minimum atomic E-state index is -0.129. The van der Waals surface area contributed by atoms with E-state index in [9.17, 15) is 4.79 Å². The van der Waals surface area contributed by atoms with Crippen molar-refractivity contribution in [1.82, 2.24) is 14.8 Å². The van der Waals surface area contributed by atoms with Gasteiger partial charge in [0.15, 0.2) is 5.16 Å². The normalized spacial score (nSPS) is 16.3. The standard InChI is InChI=1S/C17H22N4OS/c1-13(22)14(2)23-17-19-18-16(20-11-7-4-8-12-20)21(17)15-9-5-3-6-10-15/h3,5-6,9-10,14H,4,7-8,11-12H2,1-2H3/t14-/m1/s1. The molecule has 2 heterocycles. The van der Waals surface area contributed by atoms with Crippen molar-refractivity contribution in [3.63, 3.8) is 0 Å². The molecule has 0 amide bonds. The van der Waals surface area contributed by atoms with Crippen molar-refractivity contribution in [2.75, 3.05) is 18.0 Å². The molecule has 1 aliphatic rings. The van der Waals surface area contributed by atoms with E-state index in [1.807, 2.05) is 25.1 Å². The van der Waals surface area contributed by atoms with Crippen molar-refractivity contribution in [2.45, 2.75) is 43.5 Å². The van der Waals surface area contributed by atoms with Gasteiger partial charge in [-0.05, 0) is 45.2 Å². The van der Waals surface area contributed by atoms with E-state index in [4.69, 9.17) is 0 Å². The second-order valence-corrected chi connectivity index (χ2v) is 7.18. The minimum absolute atomic E-state index is 0.129. The van der Waals surface area contributed by atoms with E-state index in [1.54, 1.807) is 6.92 Å². The van der Waals surface area contributed by atoms with Gasteiger partial charge in [-0.3, -0.25) is 9.36 Å². The molecule has 0 N–H and O–H groups in total. The Kier molecular flexibility index (Phi) is 5.00.